The smallest absolute Gasteiger partial charge is 0.224 e. The molecule has 3 heteroatoms. The number of carbonyl (C=O) groups is 1. The molecule has 1 rings (SSSR count). The van der Waals surface area contributed by atoms with E-state index < -0.39 is 0 Å². The zero-order valence-electron chi connectivity index (χ0n) is 5.76. The second kappa shape index (κ2) is 1.74. The summed E-state index contributed by atoms with van der Waals surface area (Å²) in [6.07, 6.45) is 0.537. The number of rotatable bonds is 2. The largest absolute Gasteiger partial charge is 0.394 e. The van der Waals surface area contributed by atoms with Crippen LogP contribution in [0.3, 0.4) is 0 Å². The van der Waals surface area contributed by atoms with E-state index in [9.17, 15) is 4.79 Å². The Labute approximate surface area is 49.4 Å². The van der Waals surface area contributed by atoms with Crippen molar-refractivity contribution < 1.29 is 9.90 Å². The molecule has 0 aromatic rings. The Balaban J connectivity index is 2.25. The molecule has 0 spiro atoms. The lowest BCUT2D eigenvalue weighted by Gasteiger charge is -2.35. The third-order valence-corrected chi connectivity index (χ3v) is 1.54. The number of hydrogen-bond acceptors (Lipinski definition) is 2. The van der Waals surface area contributed by atoms with Gasteiger partial charge in [-0.3, -0.25) is 4.79 Å². The monoisotopic (exact) mass is 116 g/mol. The molecule has 46 valence electrons. The number of β-lactam (4-membered cyclic amide) rings is 1. The first-order valence-corrected chi connectivity index (χ1v) is 2.59. The SMILES string of the molecule is [2H]OCC1CC(=O)N1C. The van der Waals surface area contributed by atoms with Crippen molar-refractivity contribution in [3.05, 3.63) is 0 Å². The third-order valence-electron chi connectivity index (χ3n) is 1.54. The van der Waals surface area contributed by atoms with Crippen LogP contribution in [-0.2, 0) is 4.79 Å². The van der Waals surface area contributed by atoms with Gasteiger partial charge >= 0.3 is 0 Å². The van der Waals surface area contributed by atoms with Crippen LogP contribution in [0.4, 0.5) is 0 Å². The number of carbonyl (C=O) groups excluding carboxylic acids is 1. The zero-order chi connectivity index (χ0) is 6.85. The van der Waals surface area contributed by atoms with Gasteiger partial charge in [0.2, 0.25) is 7.34 Å². The van der Waals surface area contributed by atoms with Gasteiger partial charge in [0.15, 0.2) is 0 Å². The van der Waals surface area contributed by atoms with Gasteiger partial charge in [0.25, 0.3) is 0 Å². The van der Waals surface area contributed by atoms with Gasteiger partial charge in [0, 0.05) is 13.5 Å². The van der Waals surface area contributed by atoms with Gasteiger partial charge in [-0.25, -0.2) is 0 Å². The quantitative estimate of drug-likeness (QED) is 0.480. The van der Waals surface area contributed by atoms with Crippen LogP contribution < -0.4 is 0 Å². The van der Waals surface area contributed by atoms with Crippen molar-refractivity contribution >= 4 is 5.91 Å². The van der Waals surface area contributed by atoms with E-state index in [4.69, 9.17) is 1.43 Å². The fourth-order valence-corrected chi connectivity index (χ4v) is 0.744. The number of amides is 1. The highest BCUT2D eigenvalue weighted by Crippen LogP contribution is 2.14. The number of likely N-dealkylation sites (tertiary alicyclic amines) is 1. The fraction of sp³-hybridized carbons (Fsp3) is 0.800. The Kier molecular flexibility index (Phi) is 0.942. The number of nitrogens with zero attached hydrogens (tertiary/aromatic N) is 1. The molecule has 0 saturated carbocycles. The van der Waals surface area contributed by atoms with Crippen LogP contribution in [0.1, 0.15) is 6.42 Å². The maximum Gasteiger partial charge on any atom is 0.224 e. The highest BCUT2D eigenvalue weighted by molar-refractivity contribution is 5.82. The number of aliphatic hydroxyl groups is 1. The van der Waals surface area contributed by atoms with Gasteiger partial charge < -0.3 is 10.0 Å². The Morgan fingerprint density at radius 1 is 2.25 bits per heavy atom. The lowest BCUT2D eigenvalue weighted by Crippen LogP contribution is -2.51. The molecule has 1 saturated heterocycles. The molecule has 8 heavy (non-hydrogen) atoms. The Morgan fingerprint density at radius 2 is 3.00 bits per heavy atom. The number of hydrogen-bond donors (Lipinski definition) is 1. The number of likely N-dealkylation sites (N-methyl/N-ethyl adjacent to an activating group) is 1. The second-order valence-electron chi connectivity index (χ2n) is 2.03. The summed E-state index contributed by atoms with van der Waals surface area (Å²) < 4.78 is 6.39. The van der Waals surface area contributed by atoms with Crippen molar-refractivity contribution in [2.75, 3.05) is 13.7 Å². The van der Waals surface area contributed by atoms with Crippen LogP contribution in [0.15, 0.2) is 0 Å². The highest BCUT2D eigenvalue weighted by Gasteiger charge is 2.31. The van der Waals surface area contributed by atoms with E-state index in [-0.39, 0.29) is 11.9 Å². The first kappa shape index (κ1) is 4.32. The Hall–Kier alpha value is -0.570. The standard InChI is InChI=1S/C5H9NO2/c1-6-4(3-7)2-5(6)8/h4,7H,2-3H2,1H3/i7D. The molecule has 1 aliphatic rings. The fourth-order valence-electron chi connectivity index (χ4n) is 0.744. The summed E-state index contributed by atoms with van der Waals surface area (Å²) in [6.45, 7) is 0.336. The van der Waals surface area contributed by atoms with Crippen LogP contribution in [0.2, 0.25) is 0 Å². The predicted molar refractivity (Wildman–Crippen MR) is 28.3 cm³/mol. The molecule has 3 nitrogen and oxygen atoms in total. The Bertz CT molecular complexity index is 128. The Morgan fingerprint density at radius 3 is 3.38 bits per heavy atom. The van der Waals surface area contributed by atoms with E-state index in [1.165, 1.54) is 0 Å². The predicted octanol–water partition coefficient (Wildman–Crippen LogP) is -0.791. The van der Waals surface area contributed by atoms with Gasteiger partial charge in [-0.2, -0.15) is 0 Å². The second-order valence-corrected chi connectivity index (χ2v) is 2.03. The van der Waals surface area contributed by atoms with Crippen molar-refractivity contribution in [3.8, 4) is 0 Å². The molecule has 1 N–H and O–H groups in total. The third kappa shape index (κ3) is 0.591. The van der Waals surface area contributed by atoms with Crippen LogP contribution in [-0.4, -0.2) is 37.0 Å². The number of aliphatic hydroxyl groups excluding tert-OH is 1. The molecule has 1 unspecified atom stereocenters. The van der Waals surface area contributed by atoms with Crippen LogP contribution >= 0.6 is 0 Å². The van der Waals surface area contributed by atoms with Gasteiger partial charge in [-0.1, -0.05) is 0 Å². The van der Waals surface area contributed by atoms with Crippen LogP contribution in [0.5, 0.6) is 0 Å². The minimum Gasteiger partial charge on any atom is -0.394 e. The molecule has 1 amide bonds. The minimum absolute atomic E-state index is 0.136. The van der Waals surface area contributed by atoms with Gasteiger partial charge in [-0.05, 0) is 0 Å². The maximum atomic E-state index is 10.5. The van der Waals surface area contributed by atoms with Crippen molar-refractivity contribution in [2.45, 2.75) is 12.5 Å². The average molecular weight is 116 g/mol. The highest BCUT2D eigenvalue weighted by atomic mass is 16.3. The van der Waals surface area contributed by atoms with E-state index in [1.807, 2.05) is 0 Å². The average Bonchev–Trinajstić information content (AvgIpc) is 1.88. The van der Waals surface area contributed by atoms with Crippen molar-refractivity contribution in [3.63, 3.8) is 0 Å². The maximum absolute atomic E-state index is 10.5. The molecule has 0 aromatic heterocycles. The summed E-state index contributed by atoms with van der Waals surface area (Å²) in [4.78, 5) is 12.1. The summed E-state index contributed by atoms with van der Waals surface area (Å²) in [5.74, 6) is 0.136. The van der Waals surface area contributed by atoms with Crippen LogP contribution in [0, 0.1) is 0 Å². The molecule has 1 atom stereocenters. The lowest BCUT2D eigenvalue weighted by molar-refractivity contribution is -0.145. The topological polar surface area (TPSA) is 40.5 Å². The normalized spacial score (nSPS) is 29.6. The van der Waals surface area contributed by atoms with Crippen molar-refractivity contribution in [2.24, 2.45) is 0 Å². The summed E-state index contributed by atoms with van der Waals surface area (Å²) in [7, 11) is 1.72. The summed E-state index contributed by atoms with van der Waals surface area (Å²) in [5, 5.41) is 4.12. The van der Waals surface area contributed by atoms with E-state index >= 15 is 0 Å². The minimum atomic E-state index is 0.136. The van der Waals surface area contributed by atoms with Crippen molar-refractivity contribution in [1.29, 1.82) is 1.43 Å². The molecular formula is C5H9NO2. The van der Waals surface area contributed by atoms with E-state index in [0.29, 0.717) is 13.0 Å². The van der Waals surface area contributed by atoms with Gasteiger partial charge in [-0.15, -0.1) is 0 Å². The first-order chi connectivity index (χ1) is 4.25. The lowest BCUT2D eigenvalue weighted by atomic mass is 10.1. The zero-order valence-corrected chi connectivity index (χ0v) is 4.76. The molecule has 1 heterocycles. The first-order valence-electron chi connectivity index (χ1n) is 3.00. The molecule has 0 aliphatic carbocycles. The molecule has 0 radical (unpaired) electrons. The van der Waals surface area contributed by atoms with Crippen molar-refractivity contribution in [1.82, 2.24) is 4.90 Å². The molecular weight excluding hydrogens is 106 g/mol. The van der Waals surface area contributed by atoms with Gasteiger partial charge in [0.05, 0.1) is 12.6 Å². The van der Waals surface area contributed by atoms with E-state index in [1.54, 1.807) is 11.9 Å². The summed E-state index contributed by atoms with van der Waals surface area (Å²) in [6, 6.07) is 0.148. The molecule has 1 aliphatic heterocycles. The molecule has 0 bridgehead atoms. The van der Waals surface area contributed by atoms with Crippen LogP contribution in [0.25, 0.3) is 0 Å². The molecule has 1 fully saturated rings. The summed E-state index contributed by atoms with van der Waals surface area (Å²) >= 11 is 0. The van der Waals surface area contributed by atoms with Gasteiger partial charge in [0.1, 0.15) is 0 Å². The van der Waals surface area contributed by atoms with E-state index in [0.717, 1.165) is 0 Å². The molecule has 0 aromatic carbocycles. The van der Waals surface area contributed by atoms with E-state index in [2.05, 4.69) is 5.11 Å². The summed E-state index contributed by atoms with van der Waals surface area (Å²) in [5.41, 5.74) is 0.